The van der Waals surface area contributed by atoms with E-state index in [1.807, 2.05) is 13.8 Å². The number of nitrogens with two attached hydrogens (primary N) is 2. The zero-order chi connectivity index (χ0) is 38.9. The molecular formula is C42H60F4N4O4. The minimum absolute atomic E-state index is 0.289. The van der Waals surface area contributed by atoms with Gasteiger partial charge in [-0.15, -0.1) is 0 Å². The monoisotopic (exact) mass is 760 g/mol. The molecule has 2 saturated heterocycles. The summed E-state index contributed by atoms with van der Waals surface area (Å²) in [6.45, 7) is 7.49. The van der Waals surface area contributed by atoms with Crippen LogP contribution in [0.25, 0.3) is 0 Å². The molecule has 6 rings (SSSR count). The van der Waals surface area contributed by atoms with Crippen molar-refractivity contribution >= 4 is 11.8 Å². The van der Waals surface area contributed by atoms with E-state index in [2.05, 4.69) is 10.6 Å². The lowest BCUT2D eigenvalue weighted by atomic mass is 9.76. The third-order valence-corrected chi connectivity index (χ3v) is 12.9. The van der Waals surface area contributed by atoms with Gasteiger partial charge in [0.25, 0.3) is 0 Å². The van der Waals surface area contributed by atoms with Crippen LogP contribution < -0.4 is 22.1 Å². The molecule has 2 aromatic rings. The van der Waals surface area contributed by atoms with Gasteiger partial charge in [-0.1, -0.05) is 0 Å². The number of hydrogen-bond donors (Lipinski definition) is 4. The Morgan fingerprint density at radius 1 is 0.593 bits per heavy atom. The average molecular weight is 761 g/mol. The Morgan fingerprint density at radius 3 is 1.22 bits per heavy atom. The number of carbonyl (C=O) groups excluding carboxylic acids is 2. The molecule has 12 heteroatoms. The number of amides is 2. The summed E-state index contributed by atoms with van der Waals surface area (Å²) >= 11 is 0. The van der Waals surface area contributed by atoms with Gasteiger partial charge in [0.2, 0.25) is 11.8 Å². The van der Waals surface area contributed by atoms with Gasteiger partial charge >= 0.3 is 0 Å². The summed E-state index contributed by atoms with van der Waals surface area (Å²) in [6.07, 6.45) is 12.8. The molecule has 0 bridgehead atoms. The van der Waals surface area contributed by atoms with Crippen molar-refractivity contribution in [1.29, 1.82) is 0 Å². The summed E-state index contributed by atoms with van der Waals surface area (Å²) in [7, 11) is 0. The molecule has 0 spiro atoms. The number of benzene rings is 2. The fraction of sp³-hybridized carbons (Fsp3) is 0.667. The first kappa shape index (κ1) is 42.1. The van der Waals surface area contributed by atoms with Crippen LogP contribution >= 0.6 is 0 Å². The Balaban J connectivity index is 0.000000208. The lowest BCUT2D eigenvalue weighted by molar-refractivity contribution is -0.129. The maximum Gasteiger partial charge on any atom is 0.237 e. The minimum Gasteiger partial charge on any atom is -0.381 e. The number of ether oxygens (including phenoxy) is 2. The Bertz CT molecular complexity index is 1450. The standard InChI is InChI=1S/2C21H30F2N2O2/c2*1-14-12-18(22)19(23)13-17(14)16-4-2-15(3-5-16)6-9-25-21(20(24)26)7-10-27-11-8-21/h2*12-13,15-16,25H,2-11H2,1H3,(H2,24,26). The highest BCUT2D eigenvalue weighted by Gasteiger charge is 2.39. The molecule has 2 heterocycles. The fourth-order valence-electron chi connectivity index (χ4n) is 9.22. The van der Waals surface area contributed by atoms with E-state index in [9.17, 15) is 27.2 Å². The van der Waals surface area contributed by atoms with Crippen LogP contribution in [0.1, 0.15) is 124 Å². The second kappa shape index (κ2) is 19.2. The summed E-state index contributed by atoms with van der Waals surface area (Å²) in [5.74, 6) is -1.85. The summed E-state index contributed by atoms with van der Waals surface area (Å²) in [4.78, 5) is 23.8. The summed E-state index contributed by atoms with van der Waals surface area (Å²) in [5.41, 5.74) is 13.6. The third kappa shape index (κ3) is 10.6. The molecule has 2 aliphatic heterocycles. The second-order valence-corrected chi connectivity index (χ2v) is 16.2. The van der Waals surface area contributed by atoms with Crippen molar-refractivity contribution in [2.45, 2.75) is 127 Å². The second-order valence-electron chi connectivity index (χ2n) is 16.2. The molecule has 300 valence electrons. The van der Waals surface area contributed by atoms with Gasteiger partial charge in [-0.2, -0.15) is 0 Å². The predicted octanol–water partition coefficient (Wildman–Crippen LogP) is 7.12. The summed E-state index contributed by atoms with van der Waals surface area (Å²) in [5, 5.41) is 6.80. The minimum atomic E-state index is -0.771. The van der Waals surface area contributed by atoms with E-state index in [-0.39, 0.29) is 11.8 Å². The molecule has 0 unspecified atom stereocenters. The highest BCUT2D eigenvalue weighted by Crippen LogP contribution is 2.40. The first-order chi connectivity index (χ1) is 25.8. The van der Waals surface area contributed by atoms with E-state index in [4.69, 9.17) is 20.9 Å². The molecule has 4 aliphatic rings. The van der Waals surface area contributed by atoms with Gasteiger partial charge in [0, 0.05) is 26.4 Å². The molecule has 0 radical (unpaired) electrons. The van der Waals surface area contributed by atoms with E-state index >= 15 is 0 Å². The fourth-order valence-corrected chi connectivity index (χ4v) is 9.22. The molecular weight excluding hydrogens is 700 g/mol. The van der Waals surface area contributed by atoms with Gasteiger partial charge in [-0.3, -0.25) is 9.59 Å². The van der Waals surface area contributed by atoms with E-state index in [1.54, 1.807) is 0 Å². The number of carbonyl (C=O) groups is 2. The van der Waals surface area contributed by atoms with Crippen LogP contribution in [0.5, 0.6) is 0 Å². The van der Waals surface area contributed by atoms with Crippen molar-refractivity contribution < 1.29 is 36.6 Å². The van der Waals surface area contributed by atoms with Crippen molar-refractivity contribution in [3.63, 3.8) is 0 Å². The van der Waals surface area contributed by atoms with Gasteiger partial charge in [-0.25, -0.2) is 17.6 Å². The summed E-state index contributed by atoms with van der Waals surface area (Å²) < 4.78 is 64.6. The van der Waals surface area contributed by atoms with Crippen LogP contribution in [0.4, 0.5) is 17.6 Å². The molecule has 2 amide bonds. The van der Waals surface area contributed by atoms with Gasteiger partial charge in [-0.05, 0) is 187 Å². The number of rotatable bonds is 12. The smallest absolute Gasteiger partial charge is 0.237 e. The van der Waals surface area contributed by atoms with Crippen LogP contribution in [-0.2, 0) is 19.1 Å². The molecule has 2 aromatic carbocycles. The SMILES string of the molecule is Cc1cc(F)c(F)cc1C1CCC(CCNC2(C(N)=O)CCOCC2)CC1.Cc1cc(F)c(F)cc1C1CCC(CCNC2(C(N)=O)CCOCC2)CC1. The van der Waals surface area contributed by atoms with Gasteiger partial charge in [0.05, 0.1) is 0 Å². The Kier molecular flexibility index (Phi) is 15.0. The van der Waals surface area contributed by atoms with Crippen LogP contribution in [-0.4, -0.2) is 62.4 Å². The Labute approximate surface area is 317 Å². The molecule has 0 aromatic heterocycles. The number of primary amides is 2. The maximum atomic E-state index is 13.6. The summed E-state index contributed by atoms with van der Waals surface area (Å²) in [6, 6.07) is 5.35. The maximum absolute atomic E-state index is 13.6. The van der Waals surface area contributed by atoms with Crippen molar-refractivity contribution in [3.05, 3.63) is 69.8 Å². The molecule has 2 saturated carbocycles. The molecule has 0 atom stereocenters. The number of nitrogens with one attached hydrogen (secondary N) is 2. The zero-order valence-electron chi connectivity index (χ0n) is 32.1. The largest absolute Gasteiger partial charge is 0.381 e. The number of hydrogen-bond acceptors (Lipinski definition) is 6. The molecule has 6 N–H and O–H groups in total. The van der Waals surface area contributed by atoms with Crippen LogP contribution in [0.3, 0.4) is 0 Å². The highest BCUT2D eigenvalue weighted by molar-refractivity contribution is 5.85. The average Bonchev–Trinajstić information content (AvgIpc) is 3.16. The van der Waals surface area contributed by atoms with Crippen molar-refractivity contribution in [3.8, 4) is 0 Å². The quantitative estimate of drug-likeness (QED) is 0.171. The predicted molar refractivity (Wildman–Crippen MR) is 201 cm³/mol. The third-order valence-electron chi connectivity index (χ3n) is 12.9. The van der Waals surface area contributed by atoms with Crippen LogP contribution in [0, 0.1) is 49.0 Å². The van der Waals surface area contributed by atoms with Crippen molar-refractivity contribution in [1.82, 2.24) is 10.6 Å². The van der Waals surface area contributed by atoms with Crippen LogP contribution in [0.2, 0.25) is 0 Å². The zero-order valence-corrected chi connectivity index (χ0v) is 32.1. The van der Waals surface area contributed by atoms with Crippen LogP contribution in [0.15, 0.2) is 24.3 Å². The molecule has 54 heavy (non-hydrogen) atoms. The van der Waals surface area contributed by atoms with Gasteiger partial charge in [0.1, 0.15) is 11.1 Å². The highest BCUT2D eigenvalue weighted by atomic mass is 19.2. The van der Waals surface area contributed by atoms with Gasteiger partial charge in [0.15, 0.2) is 23.3 Å². The van der Waals surface area contributed by atoms with Crippen molar-refractivity contribution in [2.24, 2.45) is 23.3 Å². The molecule has 2 aliphatic carbocycles. The first-order valence-electron chi connectivity index (χ1n) is 20.0. The first-order valence-corrected chi connectivity index (χ1v) is 20.0. The van der Waals surface area contributed by atoms with Crippen molar-refractivity contribution in [2.75, 3.05) is 39.5 Å². The lowest BCUT2D eigenvalue weighted by Gasteiger charge is -2.36. The number of halogens is 4. The van der Waals surface area contributed by atoms with E-state index in [1.165, 1.54) is 24.3 Å². The van der Waals surface area contributed by atoms with E-state index in [0.717, 1.165) is 99.6 Å². The number of aryl methyl sites for hydroxylation is 2. The van der Waals surface area contributed by atoms with Gasteiger partial charge < -0.3 is 31.6 Å². The molecule has 4 fully saturated rings. The lowest BCUT2D eigenvalue weighted by Crippen LogP contribution is -2.58. The van der Waals surface area contributed by atoms with E-state index in [0.29, 0.717) is 75.8 Å². The Morgan fingerprint density at radius 2 is 0.907 bits per heavy atom. The topological polar surface area (TPSA) is 129 Å². The van der Waals surface area contributed by atoms with E-state index < -0.39 is 34.3 Å². The Hall–Kier alpha value is -3.06. The normalized spacial score (nSPS) is 25.3. The molecule has 8 nitrogen and oxygen atoms in total.